The Labute approximate surface area is 131 Å². The topological polar surface area (TPSA) is 49.4 Å². The van der Waals surface area contributed by atoms with E-state index in [1.165, 1.54) is 25.7 Å². The molecule has 22 heavy (non-hydrogen) atoms. The SMILES string of the molecule is O=C(CC1CCCC1)Nc1cccc(N2CCCCC2=O)c1. The Morgan fingerprint density at radius 3 is 2.77 bits per heavy atom. The van der Waals surface area contributed by atoms with Gasteiger partial charge in [-0.2, -0.15) is 0 Å². The van der Waals surface area contributed by atoms with E-state index in [2.05, 4.69) is 5.32 Å². The summed E-state index contributed by atoms with van der Waals surface area (Å²) in [5.41, 5.74) is 1.68. The average Bonchev–Trinajstić information content (AvgIpc) is 3.00. The summed E-state index contributed by atoms with van der Waals surface area (Å²) < 4.78 is 0. The second-order valence-electron chi connectivity index (χ2n) is 6.46. The first-order valence-corrected chi connectivity index (χ1v) is 8.42. The third-order valence-electron chi connectivity index (χ3n) is 4.71. The highest BCUT2D eigenvalue weighted by Crippen LogP contribution is 2.28. The van der Waals surface area contributed by atoms with Crippen LogP contribution in [0, 0.1) is 5.92 Å². The fourth-order valence-electron chi connectivity index (χ4n) is 3.52. The minimum atomic E-state index is 0.0917. The van der Waals surface area contributed by atoms with Crippen LogP contribution in [0.2, 0.25) is 0 Å². The monoisotopic (exact) mass is 300 g/mol. The molecule has 0 unspecified atom stereocenters. The fraction of sp³-hybridized carbons (Fsp3) is 0.556. The van der Waals surface area contributed by atoms with Crippen LogP contribution in [-0.2, 0) is 9.59 Å². The number of carbonyl (C=O) groups excluding carboxylic acids is 2. The summed E-state index contributed by atoms with van der Waals surface area (Å²) >= 11 is 0. The van der Waals surface area contributed by atoms with E-state index in [4.69, 9.17) is 0 Å². The van der Waals surface area contributed by atoms with Crippen LogP contribution in [-0.4, -0.2) is 18.4 Å². The van der Waals surface area contributed by atoms with Gasteiger partial charge in [0.2, 0.25) is 11.8 Å². The third kappa shape index (κ3) is 3.67. The predicted molar refractivity (Wildman–Crippen MR) is 87.9 cm³/mol. The highest BCUT2D eigenvalue weighted by molar-refractivity contribution is 5.96. The van der Waals surface area contributed by atoms with Gasteiger partial charge in [-0.3, -0.25) is 9.59 Å². The molecular formula is C18H24N2O2. The van der Waals surface area contributed by atoms with Crippen LogP contribution in [0.4, 0.5) is 11.4 Å². The van der Waals surface area contributed by atoms with Gasteiger partial charge in [-0.05, 0) is 49.8 Å². The van der Waals surface area contributed by atoms with Gasteiger partial charge in [-0.25, -0.2) is 0 Å². The lowest BCUT2D eigenvalue weighted by atomic mass is 10.0. The number of amides is 2. The van der Waals surface area contributed by atoms with Gasteiger partial charge in [-0.1, -0.05) is 18.9 Å². The molecule has 0 radical (unpaired) electrons. The van der Waals surface area contributed by atoms with E-state index in [9.17, 15) is 9.59 Å². The smallest absolute Gasteiger partial charge is 0.226 e. The van der Waals surface area contributed by atoms with Crippen LogP contribution in [0.1, 0.15) is 51.4 Å². The summed E-state index contributed by atoms with van der Waals surface area (Å²) in [7, 11) is 0. The molecule has 1 saturated carbocycles. The van der Waals surface area contributed by atoms with Crippen LogP contribution in [0.3, 0.4) is 0 Å². The lowest BCUT2D eigenvalue weighted by Crippen LogP contribution is -2.35. The van der Waals surface area contributed by atoms with Crippen molar-refractivity contribution in [3.8, 4) is 0 Å². The Morgan fingerprint density at radius 1 is 1.18 bits per heavy atom. The van der Waals surface area contributed by atoms with Gasteiger partial charge in [-0.15, -0.1) is 0 Å². The summed E-state index contributed by atoms with van der Waals surface area (Å²) in [6, 6.07) is 7.65. The molecule has 4 heteroatoms. The van der Waals surface area contributed by atoms with Crippen molar-refractivity contribution >= 4 is 23.2 Å². The number of carbonyl (C=O) groups is 2. The van der Waals surface area contributed by atoms with E-state index >= 15 is 0 Å². The number of rotatable bonds is 4. The molecule has 1 aliphatic carbocycles. The quantitative estimate of drug-likeness (QED) is 0.921. The Bertz CT molecular complexity index is 550. The summed E-state index contributed by atoms with van der Waals surface area (Å²) in [5.74, 6) is 0.821. The number of benzene rings is 1. The van der Waals surface area contributed by atoms with Crippen molar-refractivity contribution < 1.29 is 9.59 Å². The van der Waals surface area contributed by atoms with Crippen molar-refractivity contribution in [1.82, 2.24) is 0 Å². The van der Waals surface area contributed by atoms with Gasteiger partial charge in [0.15, 0.2) is 0 Å². The Morgan fingerprint density at radius 2 is 2.00 bits per heavy atom. The molecule has 1 heterocycles. The van der Waals surface area contributed by atoms with Crippen molar-refractivity contribution in [2.24, 2.45) is 5.92 Å². The van der Waals surface area contributed by atoms with E-state index in [1.54, 1.807) is 0 Å². The van der Waals surface area contributed by atoms with Gasteiger partial charge in [0.05, 0.1) is 0 Å². The van der Waals surface area contributed by atoms with E-state index in [1.807, 2.05) is 29.2 Å². The maximum Gasteiger partial charge on any atom is 0.226 e. The lowest BCUT2D eigenvalue weighted by molar-refractivity contribution is -0.119. The summed E-state index contributed by atoms with van der Waals surface area (Å²) in [6.07, 6.45) is 8.13. The van der Waals surface area contributed by atoms with Crippen LogP contribution in [0.15, 0.2) is 24.3 Å². The molecule has 0 atom stereocenters. The molecule has 0 bridgehead atoms. The second kappa shape index (κ2) is 6.95. The lowest BCUT2D eigenvalue weighted by Gasteiger charge is -2.27. The molecule has 2 amide bonds. The summed E-state index contributed by atoms with van der Waals surface area (Å²) in [4.78, 5) is 26.0. The highest BCUT2D eigenvalue weighted by atomic mass is 16.2. The molecule has 0 spiro atoms. The molecule has 0 aromatic heterocycles. The Hall–Kier alpha value is -1.84. The Kier molecular flexibility index (Phi) is 4.76. The normalized spacial score (nSPS) is 19.5. The zero-order chi connectivity index (χ0) is 15.4. The van der Waals surface area contributed by atoms with Gasteiger partial charge >= 0.3 is 0 Å². The second-order valence-corrected chi connectivity index (χ2v) is 6.46. The number of hydrogen-bond acceptors (Lipinski definition) is 2. The number of nitrogens with one attached hydrogen (secondary N) is 1. The minimum Gasteiger partial charge on any atom is -0.326 e. The molecule has 3 rings (SSSR count). The first-order valence-electron chi connectivity index (χ1n) is 8.42. The molecule has 1 saturated heterocycles. The molecule has 4 nitrogen and oxygen atoms in total. The molecule has 2 fully saturated rings. The molecular weight excluding hydrogens is 276 g/mol. The van der Waals surface area contributed by atoms with Crippen molar-refractivity contribution in [2.45, 2.75) is 51.4 Å². The van der Waals surface area contributed by atoms with Crippen molar-refractivity contribution in [3.05, 3.63) is 24.3 Å². The molecule has 1 aromatic carbocycles. The van der Waals surface area contributed by atoms with Crippen molar-refractivity contribution in [3.63, 3.8) is 0 Å². The maximum absolute atomic E-state index is 12.1. The highest BCUT2D eigenvalue weighted by Gasteiger charge is 2.21. The van der Waals surface area contributed by atoms with E-state index < -0.39 is 0 Å². The van der Waals surface area contributed by atoms with Crippen LogP contribution >= 0.6 is 0 Å². The minimum absolute atomic E-state index is 0.0917. The average molecular weight is 300 g/mol. The van der Waals surface area contributed by atoms with E-state index in [0.717, 1.165) is 30.8 Å². The standard InChI is InChI=1S/C18H24N2O2/c21-17(12-14-6-1-2-7-14)19-15-8-5-9-16(13-15)20-11-4-3-10-18(20)22/h5,8-9,13-14H,1-4,6-7,10-12H2,(H,19,21). The van der Waals surface area contributed by atoms with Crippen molar-refractivity contribution in [1.29, 1.82) is 0 Å². The molecule has 1 aromatic rings. The molecule has 2 aliphatic rings. The fourth-order valence-corrected chi connectivity index (χ4v) is 3.52. The Balaban J connectivity index is 1.63. The zero-order valence-electron chi connectivity index (χ0n) is 13.0. The van der Waals surface area contributed by atoms with E-state index in [0.29, 0.717) is 18.8 Å². The van der Waals surface area contributed by atoms with Gasteiger partial charge in [0.25, 0.3) is 0 Å². The predicted octanol–water partition coefficient (Wildman–Crippen LogP) is 3.72. The third-order valence-corrected chi connectivity index (χ3v) is 4.71. The maximum atomic E-state index is 12.1. The zero-order valence-corrected chi connectivity index (χ0v) is 13.0. The summed E-state index contributed by atoms with van der Waals surface area (Å²) in [5, 5.41) is 2.99. The first kappa shape index (κ1) is 15.1. The van der Waals surface area contributed by atoms with Crippen LogP contribution in [0.25, 0.3) is 0 Å². The molecule has 1 N–H and O–H groups in total. The van der Waals surface area contributed by atoms with Crippen LogP contribution < -0.4 is 10.2 Å². The number of piperidine rings is 1. The van der Waals surface area contributed by atoms with Gasteiger partial charge < -0.3 is 10.2 Å². The van der Waals surface area contributed by atoms with Gasteiger partial charge in [0, 0.05) is 30.8 Å². The first-order chi connectivity index (χ1) is 10.7. The largest absolute Gasteiger partial charge is 0.326 e. The van der Waals surface area contributed by atoms with E-state index in [-0.39, 0.29) is 11.8 Å². The van der Waals surface area contributed by atoms with Gasteiger partial charge in [0.1, 0.15) is 0 Å². The van der Waals surface area contributed by atoms with Crippen LogP contribution in [0.5, 0.6) is 0 Å². The number of hydrogen-bond donors (Lipinski definition) is 1. The molecule has 118 valence electrons. The molecule has 1 aliphatic heterocycles. The number of nitrogens with zero attached hydrogens (tertiary/aromatic N) is 1. The number of anilines is 2. The van der Waals surface area contributed by atoms with Crippen molar-refractivity contribution in [2.75, 3.05) is 16.8 Å². The summed E-state index contributed by atoms with van der Waals surface area (Å²) in [6.45, 7) is 0.776.